The molecule has 1 heteroatoms. The Bertz CT molecular complexity index is 646. The lowest BCUT2D eigenvalue weighted by molar-refractivity contribution is 0.0936. The summed E-state index contributed by atoms with van der Waals surface area (Å²) in [5, 5.41) is 0. The van der Waals surface area contributed by atoms with Gasteiger partial charge in [-0.05, 0) is 25.3 Å². The van der Waals surface area contributed by atoms with Crippen LogP contribution in [0.3, 0.4) is 0 Å². The van der Waals surface area contributed by atoms with Crippen LogP contribution in [0.2, 0.25) is 0 Å². The molecule has 0 radical (unpaired) electrons. The molecule has 0 unspecified atom stereocenters. The highest BCUT2D eigenvalue weighted by molar-refractivity contribution is 6.08. The first kappa shape index (κ1) is 11.0. The van der Waals surface area contributed by atoms with Crippen LogP contribution in [0.25, 0.3) is 0 Å². The molecule has 2 aliphatic rings. The van der Waals surface area contributed by atoms with Gasteiger partial charge in [0.05, 0.1) is 0 Å². The van der Waals surface area contributed by atoms with Crippen LogP contribution in [0.15, 0.2) is 54.6 Å². The molecule has 1 nitrogen and oxygen atoms in total. The van der Waals surface area contributed by atoms with E-state index in [1.807, 2.05) is 30.3 Å². The van der Waals surface area contributed by atoms with Crippen molar-refractivity contribution < 1.29 is 4.79 Å². The van der Waals surface area contributed by atoms with E-state index in [1.54, 1.807) is 0 Å². The molecule has 4 rings (SSSR count). The summed E-state index contributed by atoms with van der Waals surface area (Å²) in [5.74, 6) is 0.341. The van der Waals surface area contributed by atoms with Crippen LogP contribution in [-0.4, -0.2) is 5.78 Å². The highest BCUT2D eigenvalue weighted by atomic mass is 16.1. The van der Waals surface area contributed by atoms with Gasteiger partial charge in [-0.1, -0.05) is 60.2 Å². The van der Waals surface area contributed by atoms with Crippen LogP contribution >= 0.6 is 0 Å². The zero-order chi connectivity index (χ0) is 13.1. The van der Waals surface area contributed by atoms with E-state index in [4.69, 9.17) is 0 Å². The molecule has 0 atom stereocenters. The van der Waals surface area contributed by atoms with Crippen LogP contribution in [0.5, 0.6) is 0 Å². The third kappa shape index (κ3) is 1.33. The van der Waals surface area contributed by atoms with Crippen molar-refractivity contribution in [2.75, 3.05) is 0 Å². The number of Topliss-reactive ketones (excluding diaryl/α,β-unsaturated/α-hetero) is 1. The predicted molar refractivity (Wildman–Crippen MR) is 75.3 cm³/mol. The third-order valence-electron chi connectivity index (χ3n) is 4.95. The van der Waals surface area contributed by atoms with Gasteiger partial charge in [0.2, 0.25) is 0 Å². The topological polar surface area (TPSA) is 17.1 Å². The Balaban J connectivity index is 1.64. The summed E-state index contributed by atoms with van der Waals surface area (Å²) in [6.07, 6.45) is 2.08. The molecule has 0 N–H and O–H groups in total. The summed E-state index contributed by atoms with van der Waals surface area (Å²) in [5.41, 5.74) is 3.61. The molecule has 0 saturated heterocycles. The van der Waals surface area contributed by atoms with Crippen molar-refractivity contribution in [3.8, 4) is 0 Å². The second-order valence-electron chi connectivity index (χ2n) is 6.08. The van der Waals surface area contributed by atoms with Crippen LogP contribution < -0.4 is 0 Å². The van der Waals surface area contributed by atoms with Crippen molar-refractivity contribution >= 4 is 5.78 Å². The van der Waals surface area contributed by atoms with Crippen LogP contribution in [0, 0.1) is 12.3 Å². The number of hydrogen-bond donors (Lipinski definition) is 0. The smallest absolute Gasteiger partial charge is 0.169 e. The number of rotatable bonds is 3. The zero-order valence-electron chi connectivity index (χ0n) is 11.0. The van der Waals surface area contributed by atoms with Crippen molar-refractivity contribution in [3.05, 3.63) is 71.3 Å². The summed E-state index contributed by atoms with van der Waals surface area (Å²) in [6, 6.07) is 18.4. The largest absolute Gasteiger partial charge is 0.294 e. The molecule has 2 fully saturated rings. The lowest BCUT2D eigenvalue weighted by Crippen LogP contribution is -2.07. The first-order valence-corrected chi connectivity index (χ1v) is 6.85. The lowest BCUT2D eigenvalue weighted by Gasteiger charge is -2.02. The maximum atomic E-state index is 12.6. The fraction of sp³-hybridized carbons (Fsp3) is 0.278. The van der Waals surface area contributed by atoms with Gasteiger partial charge in [0.25, 0.3) is 0 Å². The number of fused-ring (bicyclic) bond motifs is 1. The molecule has 0 aromatic heterocycles. The van der Waals surface area contributed by atoms with Crippen molar-refractivity contribution in [1.29, 1.82) is 0 Å². The molecular formula is C18H16O. The minimum atomic E-state index is -0.0659. The Morgan fingerprint density at radius 1 is 0.947 bits per heavy atom. The molecule has 2 aromatic carbocycles. The highest BCUT2D eigenvalue weighted by Gasteiger charge is 2.86. The van der Waals surface area contributed by atoms with E-state index < -0.39 is 0 Å². The molecule has 2 aliphatic carbocycles. The van der Waals surface area contributed by atoms with Gasteiger partial charge in [-0.25, -0.2) is 0 Å². The number of benzene rings is 2. The van der Waals surface area contributed by atoms with Gasteiger partial charge in [0.1, 0.15) is 0 Å². The Hall–Kier alpha value is -1.89. The number of ketones is 1. The Kier molecular flexibility index (Phi) is 1.94. The number of hydrogen-bond acceptors (Lipinski definition) is 1. The van der Waals surface area contributed by atoms with E-state index in [0.717, 1.165) is 18.4 Å². The fourth-order valence-electron chi connectivity index (χ4n) is 3.49. The number of aryl methyl sites for hydroxylation is 1. The van der Waals surface area contributed by atoms with Gasteiger partial charge in [-0.15, -0.1) is 0 Å². The van der Waals surface area contributed by atoms with E-state index >= 15 is 0 Å². The van der Waals surface area contributed by atoms with Gasteiger partial charge in [-0.3, -0.25) is 4.79 Å². The second kappa shape index (κ2) is 3.36. The van der Waals surface area contributed by atoms with E-state index in [2.05, 4.69) is 31.2 Å². The first-order valence-electron chi connectivity index (χ1n) is 6.85. The Morgan fingerprint density at radius 3 is 2.21 bits per heavy atom. The molecule has 2 aromatic rings. The second-order valence-corrected chi connectivity index (χ2v) is 6.08. The maximum Gasteiger partial charge on any atom is 0.169 e. The molecule has 0 bridgehead atoms. The molecule has 0 amide bonds. The first-order chi connectivity index (χ1) is 9.18. The lowest BCUT2D eigenvalue weighted by atomic mass is 10.0. The zero-order valence-corrected chi connectivity index (χ0v) is 11.0. The SMILES string of the molecule is Cc1ccc(C23CC2(C(=O)c2ccccc2)C3)cc1. The summed E-state index contributed by atoms with van der Waals surface area (Å²) >= 11 is 0. The average molecular weight is 248 g/mol. The van der Waals surface area contributed by atoms with Gasteiger partial charge in [0.15, 0.2) is 5.78 Å². The number of carbonyl (C=O) groups excluding carboxylic acids is 1. The fourth-order valence-corrected chi connectivity index (χ4v) is 3.49. The molecule has 0 aliphatic heterocycles. The minimum Gasteiger partial charge on any atom is -0.294 e. The van der Waals surface area contributed by atoms with Crippen LogP contribution in [0.1, 0.15) is 34.3 Å². The van der Waals surface area contributed by atoms with E-state index in [1.165, 1.54) is 11.1 Å². The number of carbonyl (C=O) groups is 1. The summed E-state index contributed by atoms with van der Waals surface area (Å²) < 4.78 is 0. The van der Waals surface area contributed by atoms with Crippen molar-refractivity contribution in [3.63, 3.8) is 0 Å². The molecule has 19 heavy (non-hydrogen) atoms. The average Bonchev–Trinajstić information content (AvgIpc) is 3.27. The molecule has 0 heterocycles. The van der Waals surface area contributed by atoms with Gasteiger partial charge < -0.3 is 0 Å². The standard InChI is InChI=1S/C18H16O/c1-13-7-9-15(10-8-13)17-11-18(17,12-17)16(19)14-5-3-2-4-6-14/h2-10H,11-12H2,1H3. The van der Waals surface area contributed by atoms with E-state index in [0.29, 0.717) is 5.78 Å². The van der Waals surface area contributed by atoms with E-state index in [-0.39, 0.29) is 10.8 Å². The Morgan fingerprint density at radius 2 is 1.58 bits per heavy atom. The summed E-state index contributed by atoms with van der Waals surface area (Å²) in [6.45, 7) is 2.10. The summed E-state index contributed by atoms with van der Waals surface area (Å²) in [4.78, 5) is 12.6. The molecule has 0 spiro atoms. The highest BCUT2D eigenvalue weighted by Crippen LogP contribution is 2.86. The normalized spacial score (nSPS) is 30.6. The van der Waals surface area contributed by atoms with Gasteiger partial charge in [0, 0.05) is 16.4 Å². The van der Waals surface area contributed by atoms with Crippen molar-refractivity contribution in [2.24, 2.45) is 5.41 Å². The van der Waals surface area contributed by atoms with Crippen molar-refractivity contribution in [2.45, 2.75) is 25.2 Å². The van der Waals surface area contributed by atoms with Crippen LogP contribution in [-0.2, 0) is 5.41 Å². The van der Waals surface area contributed by atoms with Gasteiger partial charge in [-0.2, -0.15) is 0 Å². The third-order valence-corrected chi connectivity index (χ3v) is 4.95. The predicted octanol–water partition coefficient (Wildman–Crippen LogP) is 3.91. The maximum absolute atomic E-state index is 12.6. The van der Waals surface area contributed by atoms with Crippen molar-refractivity contribution in [1.82, 2.24) is 0 Å². The van der Waals surface area contributed by atoms with Crippen LogP contribution in [0.4, 0.5) is 0 Å². The Labute approximate surface area is 113 Å². The monoisotopic (exact) mass is 248 g/mol. The quantitative estimate of drug-likeness (QED) is 0.753. The summed E-state index contributed by atoms with van der Waals surface area (Å²) in [7, 11) is 0. The molecule has 2 saturated carbocycles. The molecule has 94 valence electrons. The minimum absolute atomic E-state index is 0.0659. The van der Waals surface area contributed by atoms with E-state index in [9.17, 15) is 4.79 Å². The molecular weight excluding hydrogens is 232 g/mol. The van der Waals surface area contributed by atoms with Gasteiger partial charge >= 0.3 is 0 Å².